The van der Waals surface area contributed by atoms with Crippen LogP contribution in [0.1, 0.15) is 27.8 Å². The van der Waals surface area contributed by atoms with Crippen LogP contribution in [0.4, 0.5) is 5.82 Å². The summed E-state index contributed by atoms with van der Waals surface area (Å²) >= 11 is 0. The number of hydrogen-bond donors (Lipinski definition) is 1. The molecule has 0 saturated carbocycles. The molecule has 1 aromatic carbocycles. The fourth-order valence-corrected chi connectivity index (χ4v) is 5.00. The highest BCUT2D eigenvalue weighted by Crippen LogP contribution is 2.26. The second kappa shape index (κ2) is 7.96. The molecule has 0 atom stereocenters. The summed E-state index contributed by atoms with van der Waals surface area (Å²) in [5.74, 6) is 0.855. The van der Waals surface area contributed by atoms with Crippen LogP contribution in [0, 0.1) is 27.7 Å². The average Bonchev–Trinajstić information content (AvgIpc) is 2.66. The molecule has 1 aliphatic heterocycles. The Morgan fingerprint density at radius 3 is 2.33 bits per heavy atom. The maximum absolute atomic E-state index is 13.0. The summed E-state index contributed by atoms with van der Waals surface area (Å²) in [6.07, 6.45) is 1.72. The molecule has 1 aromatic heterocycles. The largest absolute Gasteiger partial charge is 0.378 e. The van der Waals surface area contributed by atoms with Gasteiger partial charge < -0.3 is 9.64 Å². The number of pyridine rings is 1. The van der Waals surface area contributed by atoms with Crippen LogP contribution in [0.15, 0.2) is 29.3 Å². The molecule has 0 unspecified atom stereocenters. The third kappa shape index (κ3) is 4.31. The predicted octanol–water partition coefficient (Wildman–Crippen LogP) is 2.63. The lowest BCUT2D eigenvalue weighted by Crippen LogP contribution is -2.36. The molecule has 0 amide bonds. The molecule has 2 aromatic rings. The summed E-state index contributed by atoms with van der Waals surface area (Å²) in [4.78, 5) is 6.95. The Balaban J connectivity index is 1.80. The van der Waals surface area contributed by atoms with E-state index >= 15 is 0 Å². The molecule has 0 bridgehead atoms. The maximum atomic E-state index is 13.0. The molecule has 6 nitrogen and oxygen atoms in total. The molecular weight excluding hydrogens is 362 g/mol. The first-order valence-corrected chi connectivity index (χ1v) is 10.6. The van der Waals surface area contributed by atoms with Crippen molar-refractivity contribution >= 4 is 15.8 Å². The van der Waals surface area contributed by atoms with E-state index in [0.717, 1.165) is 46.7 Å². The Morgan fingerprint density at radius 1 is 1.07 bits per heavy atom. The van der Waals surface area contributed by atoms with Crippen LogP contribution in [-0.2, 0) is 21.3 Å². The van der Waals surface area contributed by atoms with Gasteiger partial charge in [0.2, 0.25) is 10.0 Å². The van der Waals surface area contributed by atoms with Gasteiger partial charge in [-0.2, -0.15) is 0 Å². The van der Waals surface area contributed by atoms with Gasteiger partial charge in [0.25, 0.3) is 0 Å². The summed E-state index contributed by atoms with van der Waals surface area (Å²) in [7, 11) is -3.61. The molecule has 3 rings (SSSR count). The maximum Gasteiger partial charge on any atom is 0.241 e. The van der Waals surface area contributed by atoms with Crippen LogP contribution >= 0.6 is 0 Å². The molecule has 0 aliphatic carbocycles. The molecular formula is C20H27N3O3S. The summed E-state index contributed by atoms with van der Waals surface area (Å²) in [6, 6.07) is 5.81. The molecule has 0 radical (unpaired) electrons. The summed E-state index contributed by atoms with van der Waals surface area (Å²) in [5, 5.41) is 0. The van der Waals surface area contributed by atoms with Gasteiger partial charge in [-0.1, -0.05) is 6.07 Å². The normalized spacial score (nSPS) is 15.2. The number of sulfonamides is 1. The van der Waals surface area contributed by atoms with Gasteiger partial charge in [-0.15, -0.1) is 0 Å². The van der Waals surface area contributed by atoms with Crippen molar-refractivity contribution in [3.63, 3.8) is 0 Å². The monoisotopic (exact) mass is 389 g/mol. The first-order chi connectivity index (χ1) is 12.8. The number of hydrogen-bond acceptors (Lipinski definition) is 5. The predicted molar refractivity (Wildman–Crippen MR) is 107 cm³/mol. The van der Waals surface area contributed by atoms with Crippen LogP contribution in [0.25, 0.3) is 0 Å². The van der Waals surface area contributed by atoms with E-state index in [0.29, 0.717) is 18.1 Å². The van der Waals surface area contributed by atoms with Gasteiger partial charge >= 0.3 is 0 Å². The average molecular weight is 390 g/mol. The second-order valence-corrected chi connectivity index (χ2v) is 8.74. The number of benzene rings is 1. The van der Waals surface area contributed by atoms with Crippen molar-refractivity contribution in [2.24, 2.45) is 0 Å². The minimum Gasteiger partial charge on any atom is -0.378 e. The van der Waals surface area contributed by atoms with E-state index in [4.69, 9.17) is 4.74 Å². The van der Waals surface area contributed by atoms with E-state index in [1.165, 1.54) is 0 Å². The zero-order valence-corrected chi connectivity index (χ0v) is 17.2. The molecule has 7 heteroatoms. The third-order valence-corrected chi connectivity index (χ3v) is 6.85. The Morgan fingerprint density at radius 2 is 1.70 bits per heavy atom. The first kappa shape index (κ1) is 19.8. The van der Waals surface area contributed by atoms with E-state index < -0.39 is 10.0 Å². The number of rotatable bonds is 5. The highest BCUT2D eigenvalue weighted by molar-refractivity contribution is 7.89. The Kier molecular flexibility index (Phi) is 5.83. The standard InChI is InChI=1S/C20H27N3O3S/c1-14-11-15(2)17(4)20(16(14)3)27(24,25)22-13-18-5-6-21-19(12-18)23-7-9-26-10-8-23/h5-6,11-12,22H,7-10,13H2,1-4H3. The van der Waals surface area contributed by atoms with Crippen molar-refractivity contribution in [3.8, 4) is 0 Å². The summed E-state index contributed by atoms with van der Waals surface area (Å²) in [6.45, 7) is 10.8. The third-order valence-electron chi connectivity index (χ3n) is 5.18. The minimum atomic E-state index is -3.61. The van der Waals surface area contributed by atoms with Crippen molar-refractivity contribution in [1.82, 2.24) is 9.71 Å². The van der Waals surface area contributed by atoms with Crippen LogP contribution < -0.4 is 9.62 Å². The van der Waals surface area contributed by atoms with Gasteiger partial charge in [-0.05, 0) is 67.6 Å². The number of nitrogens with zero attached hydrogens (tertiary/aromatic N) is 2. The minimum absolute atomic E-state index is 0.230. The van der Waals surface area contributed by atoms with Crippen LogP contribution in [0.2, 0.25) is 0 Å². The van der Waals surface area contributed by atoms with E-state index in [9.17, 15) is 8.42 Å². The molecule has 1 saturated heterocycles. The highest BCUT2D eigenvalue weighted by Gasteiger charge is 2.22. The quantitative estimate of drug-likeness (QED) is 0.851. The van der Waals surface area contributed by atoms with Crippen molar-refractivity contribution in [2.45, 2.75) is 39.1 Å². The zero-order valence-electron chi connectivity index (χ0n) is 16.4. The number of aryl methyl sites for hydroxylation is 2. The highest BCUT2D eigenvalue weighted by atomic mass is 32.2. The van der Waals surface area contributed by atoms with Crippen LogP contribution in [0.3, 0.4) is 0 Å². The van der Waals surface area contributed by atoms with Gasteiger partial charge in [0.1, 0.15) is 5.82 Å². The van der Waals surface area contributed by atoms with E-state index in [2.05, 4.69) is 14.6 Å². The van der Waals surface area contributed by atoms with Gasteiger partial charge in [-0.25, -0.2) is 18.1 Å². The first-order valence-electron chi connectivity index (χ1n) is 9.14. The summed E-state index contributed by atoms with van der Waals surface area (Å²) < 4.78 is 34.1. The lowest BCUT2D eigenvalue weighted by atomic mass is 10.0. The molecule has 1 N–H and O–H groups in total. The van der Waals surface area contributed by atoms with Gasteiger partial charge in [0.15, 0.2) is 0 Å². The second-order valence-electron chi connectivity index (χ2n) is 7.04. The van der Waals surface area contributed by atoms with Crippen LogP contribution in [-0.4, -0.2) is 39.7 Å². The lowest BCUT2D eigenvalue weighted by Gasteiger charge is -2.28. The lowest BCUT2D eigenvalue weighted by molar-refractivity contribution is 0.122. The van der Waals surface area contributed by atoms with Crippen molar-refractivity contribution in [1.29, 1.82) is 0 Å². The molecule has 1 fully saturated rings. The number of aromatic nitrogens is 1. The van der Waals surface area contributed by atoms with Crippen molar-refractivity contribution in [3.05, 3.63) is 52.2 Å². The molecule has 0 spiro atoms. The summed E-state index contributed by atoms with van der Waals surface area (Å²) in [5.41, 5.74) is 4.45. The number of morpholine rings is 1. The SMILES string of the molecule is Cc1cc(C)c(C)c(S(=O)(=O)NCc2ccnc(N3CCOCC3)c2)c1C. The Bertz CT molecular complexity index is 909. The van der Waals surface area contributed by atoms with Gasteiger partial charge in [0.05, 0.1) is 18.1 Å². The number of nitrogens with one attached hydrogen (secondary N) is 1. The number of ether oxygens (including phenoxy) is 1. The van der Waals surface area contributed by atoms with Crippen molar-refractivity contribution < 1.29 is 13.2 Å². The molecule has 2 heterocycles. The number of anilines is 1. The molecule has 146 valence electrons. The fourth-order valence-electron chi connectivity index (χ4n) is 3.37. The van der Waals surface area contributed by atoms with Crippen LogP contribution in [0.5, 0.6) is 0 Å². The molecule has 1 aliphatic rings. The van der Waals surface area contributed by atoms with E-state index in [1.54, 1.807) is 6.20 Å². The fraction of sp³-hybridized carbons (Fsp3) is 0.450. The van der Waals surface area contributed by atoms with E-state index in [1.807, 2.05) is 45.9 Å². The smallest absolute Gasteiger partial charge is 0.241 e. The van der Waals surface area contributed by atoms with Crippen molar-refractivity contribution in [2.75, 3.05) is 31.2 Å². The zero-order chi connectivity index (χ0) is 19.6. The Labute approximate surface area is 161 Å². The van der Waals surface area contributed by atoms with Gasteiger partial charge in [0, 0.05) is 25.8 Å². The van der Waals surface area contributed by atoms with Gasteiger partial charge in [-0.3, -0.25) is 0 Å². The topological polar surface area (TPSA) is 71.5 Å². The van der Waals surface area contributed by atoms with E-state index in [-0.39, 0.29) is 6.54 Å². The Hall–Kier alpha value is -1.96. The molecule has 27 heavy (non-hydrogen) atoms.